The van der Waals surface area contributed by atoms with E-state index in [4.69, 9.17) is 11.6 Å². The molecule has 1 saturated heterocycles. The molecule has 3 rings (SSSR count). The van der Waals surface area contributed by atoms with Gasteiger partial charge in [0.2, 0.25) is 5.91 Å². The van der Waals surface area contributed by atoms with Gasteiger partial charge in [0.15, 0.2) is 0 Å². The van der Waals surface area contributed by atoms with Crippen molar-refractivity contribution in [1.29, 1.82) is 0 Å². The van der Waals surface area contributed by atoms with E-state index >= 15 is 0 Å². The second-order valence-electron chi connectivity index (χ2n) is 8.05. The molecule has 1 saturated carbocycles. The van der Waals surface area contributed by atoms with E-state index < -0.39 is 17.5 Å². The van der Waals surface area contributed by atoms with Crippen molar-refractivity contribution in [2.45, 2.75) is 51.5 Å². The Bertz CT molecular complexity index is 893. The van der Waals surface area contributed by atoms with Gasteiger partial charge in [-0.1, -0.05) is 30.9 Å². The van der Waals surface area contributed by atoms with Crippen molar-refractivity contribution < 1.29 is 19.2 Å². The predicted molar refractivity (Wildman–Crippen MR) is 118 cm³/mol. The number of imide groups is 1. The molecule has 1 N–H and O–H groups in total. The van der Waals surface area contributed by atoms with Gasteiger partial charge in [-0.2, -0.15) is 0 Å². The summed E-state index contributed by atoms with van der Waals surface area (Å²) in [7, 11) is 1.63. The highest BCUT2D eigenvalue weighted by atomic mass is 35.5. The van der Waals surface area contributed by atoms with Crippen molar-refractivity contribution in [2.75, 3.05) is 32.0 Å². The van der Waals surface area contributed by atoms with Crippen LogP contribution in [-0.4, -0.2) is 70.7 Å². The molecule has 2 aliphatic rings. The van der Waals surface area contributed by atoms with Crippen LogP contribution in [0.5, 0.6) is 0 Å². The minimum Gasteiger partial charge on any atom is -0.339 e. The SMILES string of the molecule is CCN(CC)C(=O)c1ccc(NC(=O)CN2C(=O)N(C)C3(CCCCC3)C2=O)cc1Cl. The first-order chi connectivity index (χ1) is 14.7. The highest BCUT2D eigenvalue weighted by molar-refractivity contribution is 6.34. The summed E-state index contributed by atoms with van der Waals surface area (Å²) in [5.41, 5.74) is -0.0641. The van der Waals surface area contributed by atoms with Crippen molar-refractivity contribution in [3.8, 4) is 0 Å². The second kappa shape index (κ2) is 9.26. The Labute approximate surface area is 187 Å². The molecular weight excluding hydrogens is 420 g/mol. The van der Waals surface area contributed by atoms with E-state index in [1.54, 1.807) is 24.1 Å². The van der Waals surface area contributed by atoms with Crippen LogP contribution >= 0.6 is 11.6 Å². The number of urea groups is 1. The van der Waals surface area contributed by atoms with E-state index in [0.717, 1.165) is 24.2 Å². The van der Waals surface area contributed by atoms with Crippen LogP contribution < -0.4 is 5.32 Å². The summed E-state index contributed by atoms with van der Waals surface area (Å²) in [5.74, 6) is -0.975. The number of halogens is 1. The molecule has 1 aliphatic heterocycles. The van der Waals surface area contributed by atoms with Gasteiger partial charge in [0.05, 0.1) is 10.6 Å². The van der Waals surface area contributed by atoms with Crippen molar-refractivity contribution in [1.82, 2.24) is 14.7 Å². The van der Waals surface area contributed by atoms with Gasteiger partial charge in [0.1, 0.15) is 12.1 Å². The molecule has 0 unspecified atom stereocenters. The van der Waals surface area contributed by atoms with Gasteiger partial charge in [-0.15, -0.1) is 0 Å². The molecule has 0 aromatic heterocycles. The number of likely N-dealkylation sites (N-methyl/N-ethyl adjacent to an activating group) is 1. The lowest BCUT2D eigenvalue weighted by atomic mass is 9.81. The van der Waals surface area contributed by atoms with E-state index in [1.165, 1.54) is 11.0 Å². The number of nitrogens with one attached hydrogen (secondary N) is 1. The smallest absolute Gasteiger partial charge is 0.327 e. The number of hydrogen-bond donors (Lipinski definition) is 1. The average Bonchev–Trinajstić information content (AvgIpc) is 2.91. The number of amides is 5. The van der Waals surface area contributed by atoms with Crippen LogP contribution in [0.3, 0.4) is 0 Å². The summed E-state index contributed by atoms with van der Waals surface area (Å²) in [6.07, 6.45) is 4.08. The third-order valence-corrected chi connectivity index (χ3v) is 6.63. The maximum absolute atomic E-state index is 13.0. The Kier molecular flexibility index (Phi) is 6.89. The van der Waals surface area contributed by atoms with Gasteiger partial charge in [-0.3, -0.25) is 19.3 Å². The molecule has 5 amide bonds. The van der Waals surface area contributed by atoms with Crippen molar-refractivity contribution >= 4 is 41.0 Å². The van der Waals surface area contributed by atoms with Gasteiger partial charge >= 0.3 is 6.03 Å². The molecule has 0 radical (unpaired) electrons. The number of rotatable bonds is 6. The zero-order valence-electron chi connectivity index (χ0n) is 18.2. The lowest BCUT2D eigenvalue weighted by Crippen LogP contribution is -2.49. The third-order valence-electron chi connectivity index (χ3n) is 6.32. The number of nitrogens with zero attached hydrogens (tertiary/aromatic N) is 3. The first-order valence-electron chi connectivity index (χ1n) is 10.7. The fourth-order valence-electron chi connectivity index (χ4n) is 4.46. The summed E-state index contributed by atoms with van der Waals surface area (Å²) in [5, 5.41) is 2.89. The topological polar surface area (TPSA) is 90.0 Å². The fraction of sp³-hybridized carbons (Fsp3) is 0.545. The van der Waals surface area contributed by atoms with Crippen molar-refractivity contribution in [3.63, 3.8) is 0 Å². The fourth-order valence-corrected chi connectivity index (χ4v) is 4.72. The third kappa shape index (κ3) is 4.26. The Balaban J connectivity index is 1.68. The Hall–Kier alpha value is -2.61. The van der Waals surface area contributed by atoms with Gasteiger partial charge in [-0.25, -0.2) is 4.79 Å². The normalized spacial score (nSPS) is 17.9. The lowest BCUT2D eigenvalue weighted by molar-refractivity contribution is -0.136. The number of carbonyl (C=O) groups is 4. The largest absolute Gasteiger partial charge is 0.339 e. The minimum absolute atomic E-state index is 0.179. The molecule has 168 valence electrons. The summed E-state index contributed by atoms with van der Waals surface area (Å²) < 4.78 is 0. The van der Waals surface area contributed by atoms with Gasteiger partial charge in [-0.05, 0) is 44.9 Å². The molecule has 1 spiro atoms. The summed E-state index contributed by atoms with van der Waals surface area (Å²) in [6.45, 7) is 4.55. The van der Waals surface area contributed by atoms with Gasteiger partial charge < -0.3 is 15.1 Å². The van der Waals surface area contributed by atoms with Crippen LogP contribution in [0.4, 0.5) is 10.5 Å². The molecule has 1 heterocycles. The van der Waals surface area contributed by atoms with Crippen LogP contribution in [0, 0.1) is 0 Å². The summed E-state index contributed by atoms with van der Waals surface area (Å²) >= 11 is 6.27. The molecule has 31 heavy (non-hydrogen) atoms. The van der Waals surface area contributed by atoms with E-state index in [0.29, 0.717) is 37.2 Å². The van der Waals surface area contributed by atoms with E-state index in [2.05, 4.69) is 5.32 Å². The average molecular weight is 449 g/mol. The Morgan fingerprint density at radius 2 is 1.77 bits per heavy atom. The summed E-state index contributed by atoms with van der Waals surface area (Å²) in [6, 6.07) is 4.21. The quantitative estimate of drug-likeness (QED) is 0.675. The van der Waals surface area contributed by atoms with Crippen LogP contribution in [0.2, 0.25) is 5.02 Å². The molecule has 0 atom stereocenters. The monoisotopic (exact) mass is 448 g/mol. The first-order valence-corrected chi connectivity index (χ1v) is 11.1. The number of anilines is 1. The van der Waals surface area contributed by atoms with E-state index in [9.17, 15) is 19.2 Å². The lowest BCUT2D eigenvalue weighted by Gasteiger charge is -2.35. The number of benzene rings is 1. The van der Waals surface area contributed by atoms with Gasteiger partial charge in [0, 0.05) is 25.8 Å². The Morgan fingerprint density at radius 3 is 2.35 bits per heavy atom. The minimum atomic E-state index is -0.814. The molecule has 9 heteroatoms. The van der Waals surface area contributed by atoms with Crippen LogP contribution in [0.25, 0.3) is 0 Å². The zero-order valence-corrected chi connectivity index (χ0v) is 19.0. The second-order valence-corrected chi connectivity index (χ2v) is 8.45. The molecule has 1 aliphatic carbocycles. The molecular formula is C22H29ClN4O4. The molecule has 1 aromatic rings. The van der Waals surface area contributed by atoms with Crippen LogP contribution in [-0.2, 0) is 9.59 Å². The maximum Gasteiger partial charge on any atom is 0.327 e. The van der Waals surface area contributed by atoms with Crippen molar-refractivity contribution in [2.24, 2.45) is 0 Å². The highest BCUT2D eigenvalue weighted by Gasteiger charge is 2.55. The van der Waals surface area contributed by atoms with Gasteiger partial charge in [0.25, 0.3) is 11.8 Å². The molecule has 0 bridgehead atoms. The predicted octanol–water partition coefficient (Wildman–Crippen LogP) is 3.36. The Morgan fingerprint density at radius 1 is 1.13 bits per heavy atom. The van der Waals surface area contributed by atoms with E-state index in [-0.39, 0.29) is 23.4 Å². The molecule has 1 aromatic carbocycles. The van der Waals surface area contributed by atoms with E-state index in [1.807, 2.05) is 13.8 Å². The van der Waals surface area contributed by atoms with Crippen LogP contribution in [0.1, 0.15) is 56.3 Å². The zero-order chi connectivity index (χ0) is 22.8. The molecule has 2 fully saturated rings. The highest BCUT2D eigenvalue weighted by Crippen LogP contribution is 2.39. The maximum atomic E-state index is 13.0. The summed E-state index contributed by atoms with van der Waals surface area (Å²) in [4.78, 5) is 54.9. The molecule has 8 nitrogen and oxygen atoms in total. The number of carbonyl (C=O) groups excluding carboxylic acids is 4. The van der Waals surface area contributed by atoms with Crippen molar-refractivity contribution in [3.05, 3.63) is 28.8 Å². The first kappa shape index (κ1) is 23.1. The standard InChI is InChI=1S/C22H29ClN4O4/c1-4-26(5-2)19(29)16-10-9-15(13-17(16)23)24-18(28)14-27-20(30)22(25(3)21(27)31)11-7-6-8-12-22/h9-10,13H,4-8,11-12,14H2,1-3H3,(H,24,28). The van der Waals surface area contributed by atoms with Crippen LogP contribution in [0.15, 0.2) is 18.2 Å². The number of hydrogen-bond acceptors (Lipinski definition) is 4.